The molecule has 0 bridgehead atoms. The zero-order valence-corrected chi connectivity index (χ0v) is 14.3. The predicted molar refractivity (Wildman–Crippen MR) is 92.3 cm³/mol. The van der Waals surface area contributed by atoms with Crippen LogP contribution in [0.25, 0.3) is 11.3 Å². The van der Waals surface area contributed by atoms with Crippen LogP contribution in [0.3, 0.4) is 0 Å². The second-order valence-electron chi connectivity index (χ2n) is 4.85. The van der Waals surface area contributed by atoms with E-state index in [2.05, 4.69) is 35.2 Å². The second kappa shape index (κ2) is 7.48. The van der Waals surface area contributed by atoms with Crippen LogP contribution in [0.4, 0.5) is 5.82 Å². The van der Waals surface area contributed by atoms with Crippen molar-refractivity contribution in [1.82, 2.24) is 9.97 Å². The molecule has 114 valence electrons. The van der Waals surface area contributed by atoms with Crippen LogP contribution in [0, 0.1) is 11.3 Å². The molecular weight excluding hydrogens is 316 g/mol. The summed E-state index contributed by atoms with van der Waals surface area (Å²) in [7, 11) is 0. The molecule has 1 atom stereocenters. The summed E-state index contributed by atoms with van der Waals surface area (Å²) < 4.78 is 0. The Bertz CT molecular complexity index is 695. The van der Waals surface area contributed by atoms with Gasteiger partial charge < -0.3 is 5.32 Å². The van der Waals surface area contributed by atoms with E-state index >= 15 is 0 Å². The number of nitriles is 1. The van der Waals surface area contributed by atoms with Crippen LogP contribution >= 0.6 is 23.4 Å². The van der Waals surface area contributed by atoms with Gasteiger partial charge in [0.2, 0.25) is 0 Å². The molecule has 1 N–H and O–H groups in total. The molecule has 0 amide bonds. The lowest BCUT2D eigenvalue weighted by Gasteiger charge is -2.16. The van der Waals surface area contributed by atoms with Crippen LogP contribution in [0.5, 0.6) is 0 Å². The number of halogens is 1. The Balaban J connectivity index is 2.59. The molecule has 1 heterocycles. The van der Waals surface area contributed by atoms with Crippen molar-refractivity contribution in [3.63, 3.8) is 0 Å². The van der Waals surface area contributed by atoms with Gasteiger partial charge in [0, 0.05) is 16.6 Å². The van der Waals surface area contributed by atoms with Gasteiger partial charge in [-0.3, -0.25) is 0 Å². The molecule has 2 rings (SSSR count). The third kappa shape index (κ3) is 3.70. The molecule has 4 nitrogen and oxygen atoms in total. The molecule has 6 heteroatoms. The lowest BCUT2D eigenvalue weighted by molar-refractivity contribution is 0.753. The largest absolute Gasteiger partial charge is 0.366 e. The molecule has 1 aromatic carbocycles. The van der Waals surface area contributed by atoms with Gasteiger partial charge in [0.05, 0.1) is 5.69 Å². The van der Waals surface area contributed by atoms with E-state index < -0.39 is 0 Å². The van der Waals surface area contributed by atoms with Crippen molar-refractivity contribution in [1.29, 1.82) is 5.26 Å². The number of anilines is 1. The minimum atomic E-state index is 0.231. The van der Waals surface area contributed by atoms with Crippen molar-refractivity contribution in [3.8, 4) is 17.3 Å². The van der Waals surface area contributed by atoms with E-state index in [1.54, 1.807) is 12.1 Å². The third-order valence-corrected chi connectivity index (χ3v) is 4.10. The van der Waals surface area contributed by atoms with Crippen molar-refractivity contribution in [2.45, 2.75) is 31.5 Å². The van der Waals surface area contributed by atoms with E-state index in [4.69, 9.17) is 11.6 Å². The van der Waals surface area contributed by atoms with Gasteiger partial charge in [-0.25, -0.2) is 9.97 Å². The smallest absolute Gasteiger partial charge is 0.189 e. The fraction of sp³-hybridized carbons (Fsp3) is 0.312. The molecule has 0 spiro atoms. The van der Waals surface area contributed by atoms with Crippen molar-refractivity contribution in [3.05, 3.63) is 34.9 Å². The molecule has 1 aromatic heterocycles. The Labute approximate surface area is 139 Å². The fourth-order valence-electron chi connectivity index (χ4n) is 1.89. The van der Waals surface area contributed by atoms with Crippen LogP contribution in [0.15, 0.2) is 29.4 Å². The van der Waals surface area contributed by atoms with E-state index in [0.717, 1.165) is 12.0 Å². The van der Waals surface area contributed by atoms with Crippen molar-refractivity contribution in [2.75, 3.05) is 11.6 Å². The summed E-state index contributed by atoms with van der Waals surface area (Å²) in [4.78, 5) is 8.95. The number of hydrogen-bond acceptors (Lipinski definition) is 5. The van der Waals surface area contributed by atoms with E-state index in [-0.39, 0.29) is 6.04 Å². The Morgan fingerprint density at radius 1 is 1.32 bits per heavy atom. The molecule has 0 saturated heterocycles. The summed E-state index contributed by atoms with van der Waals surface area (Å²) >= 11 is 7.39. The molecule has 0 aliphatic heterocycles. The van der Waals surface area contributed by atoms with Crippen LogP contribution < -0.4 is 5.32 Å². The minimum absolute atomic E-state index is 0.231. The summed E-state index contributed by atoms with van der Waals surface area (Å²) in [6.07, 6.45) is 2.86. The van der Waals surface area contributed by atoms with Crippen LogP contribution in [-0.4, -0.2) is 22.3 Å². The standard InChI is InChI=1S/C16H17ClN4S/c1-4-10(2)19-15-13(9-18)14(20-16(21-15)22-3)11-5-7-12(17)8-6-11/h5-8,10H,4H2,1-3H3,(H,19,20,21)/t10-/m0/s1. The second-order valence-corrected chi connectivity index (χ2v) is 6.06. The van der Waals surface area contributed by atoms with Gasteiger partial charge in [-0.1, -0.05) is 42.4 Å². The maximum absolute atomic E-state index is 9.56. The highest BCUT2D eigenvalue weighted by Gasteiger charge is 2.17. The van der Waals surface area contributed by atoms with Crippen LogP contribution in [0.1, 0.15) is 25.8 Å². The summed E-state index contributed by atoms with van der Waals surface area (Å²) in [6.45, 7) is 4.14. The maximum Gasteiger partial charge on any atom is 0.189 e. The van der Waals surface area contributed by atoms with Crippen molar-refractivity contribution >= 4 is 29.2 Å². The average molecular weight is 333 g/mol. The van der Waals surface area contributed by atoms with Gasteiger partial charge in [0.1, 0.15) is 17.5 Å². The topological polar surface area (TPSA) is 61.6 Å². The Morgan fingerprint density at radius 2 is 2.00 bits per heavy atom. The first-order chi connectivity index (χ1) is 10.6. The predicted octanol–water partition coefficient (Wildman–Crippen LogP) is 4.60. The highest BCUT2D eigenvalue weighted by atomic mass is 35.5. The monoisotopic (exact) mass is 332 g/mol. The highest BCUT2D eigenvalue weighted by molar-refractivity contribution is 7.98. The van der Waals surface area contributed by atoms with E-state index in [9.17, 15) is 5.26 Å². The van der Waals surface area contributed by atoms with E-state index in [0.29, 0.717) is 27.3 Å². The van der Waals surface area contributed by atoms with Gasteiger partial charge in [-0.2, -0.15) is 5.26 Å². The molecule has 0 fully saturated rings. The summed E-state index contributed by atoms with van der Waals surface area (Å²) in [5.41, 5.74) is 1.94. The number of hydrogen-bond donors (Lipinski definition) is 1. The highest BCUT2D eigenvalue weighted by Crippen LogP contribution is 2.29. The SMILES string of the molecule is CC[C@H](C)Nc1nc(SC)nc(-c2ccc(Cl)cc2)c1C#N. The molecular formula is C16H17ClN4S. The van der Waals surface area contributed by atoms with Crippen LogP contribution in [-0.2, 0) is 0 Å². The quantitative estimate of drug-likeness (QED) is 0.640. The molecule has 0 aliphatic rings. The first-order valence-electron chi connectivity index (χ1n) is 6.97. The molecule has 0 unspecified atom stereocenters. The fourth-order valence-corrected chi connectivity index (χ4v) is 2.39. The summed E-state index contributed by atoms with van der Waals surface area (Å²) in [5.74, 6) is 0.584. The molecule has 0 saturated carbocycles. The Morgan fingerprint density at radius 3 is 2.55 bits per heavy atom. The first kappa shape index (κ1) is 16.6. The van der Waals surface area contributed by atoms with Crippen molar-refractivity contribution in [2.24, 2.45) is 0 Å². The maximum atomic E-state index is 9.56. The average Bonchev–Trinajstić information content (AvgIpc) is 2.54. The van der Waals surface area contributed by atoms with Gasteiger partial charge in [-0.05, 0) is 31.7 Å². The number of aromatic nitrogens is 2. The Kier molecular flexibility index (Phi) is 5.64. The molecule has 22 heavy (non-hydrogen) atoms. The lowest BCUT2D eigenvalue weighted by Crippen LogP contribution is -2.16. The first-order valence-corrected chi connectivity index (χ1v) is 8.57. The molecule has 0 radical (unpaired) electrons. The van der Waals surface area contributed by atoms with Gasteiger partial charge in [0.25, 0.3) is 0 Å². The van der Waals surface area contributed by atoms with Crippen molar-refractivity contribution < 1.29 is 0 Å². The summed E-state index contributed by atoms with van der Waals surface area (Å²) in [6, 6.07) is 9.77. The van der Waals surface area contributed by atoms with Gasteiger partial charge in [0.15, 0.2) is 5.16 Å². The third-order valence-electron chi connectivity index (χ3n) is 3.30. The number of benzene rings is 1. The minimum Gasteiger partial charge on any atom is -0.366 e. The van der Waals surface area contributed by atoms with Crippen LogP contribution in [0.2, 0.25) is 5.02 Å². The molecule has 0 aliphatic carbocycles. The number of thioether (sulfide) groups is 1. The lowest BCUT2D eigenvalue weighted by atomic mass is 10.1. The number of nitrogens with one attached hydrogen (secondary N) is 1. The van der Waals surface area contributed by atoms with Gasteiger partial charge >= 0.3 is 0 Å². The summed E-state index contributed by atoms with van der Waals surface area (Å²) in [5, 5.41) is 14.1. The van der Waals surface area contributed by atoms with E-state index in [1.807, 2.05) is 18.4 Å². The molecule has 2 aromatic rings. The Hall–Kier alpha value is -1.77. The number of nitrogens with zero attached hydrogens (tertiary/aromatic N) is 3. The van der Waals surface area contributed by atoms with Gasteiger partial charge in [-0.15, -0.1) is 0 Å². The normalized spacial score (nSPS) is 11.8. The number of rotatable bonds is 5. The zero-order valence-electron chi connectivity index (χ0n) is 12.7. The zero-order chi connectivity index (χ0) is 16.1. The van der Waals surface area contributed by atoms with E-state index in [1.165, 1.54) is 11.8 Å².